The van der Waals surface area contributed by atoms with Gasteiger partial charge >= 0.3 is 0 Å². The molecule has 1 aromatic heterocycles. The molecule has 3 rings (SSSR count). The van der Waals surface area contributed by atoms with Crippen molar-refractivity contribution in [1.82, 2.24) is 0 Å². The van der Waals surface area contributed by atoms with Gasteiger partial charge in [-0.25, -0.2) is 0 Å². The van der Waals surface area contributed by atoms with Gasteiger partial charge < -0.3 is 9.15 Å². The van der Waals surface area contributed by atoms with Gasteiger partial charge in [-0.3, -0.25) is 0 Å². The molecule has 0 saturated carbocycles. The number of furan rings is 1. The minimum absolute atomic E-state index is 0.287. The number of aryl methyl sites for hydroxylation is 1. The highest BCUT2D eigenvalue weighted by Gasteiger charge is 2.26. The summed E-state index contributed by atoms with van der Waals surface area (Å²) in [5.74, 6) is 2.18. The molecule has 0 aliphatic heterocycles. The topological polar surface area (TPSA) is 22.4 Å². The van der Waals surface area contributed by atoms with Crippen molar-refractivity contribution in [3.63, 3.8) is 0 Å². The number of rotatable bonds is 3. The average molecular weight is 396 g/mol. The van der Waals surface area contributed by atoms with Crippen molar-refractivity contribution in [2.24, 2.45) is 0 Å². The number of fused-ring (bicyclic) bond motifs is 1. The van der Waals surface area contributed by atoms with Crippen LogP contribution in [0.15, 0.2) is 34.7 Å². The van der Waals surface area contributed by atoms with Gasteiger partial charge in [0.1, 0.15) is 11.5 Å². The zero-order valence-corrected chi connectivity index (χ0v) is 14.7. The van der Waals surface area contributed by atoms with Crippen molar-refractivity contribution < 1.29 is 9.15 Å². The van der Waals surface area contributed by atoms with Gasteiger partial charge in [-0.1, -0.05) is 30.3 Å². The second kappa shape index (κ2) is 6.53. The zero-order valence-electron chi connectivity index (χ0n) is 12.6. The van der Waals surface area contributed by atoms with E-state index in [1.54, 1.807) is 0 Å². The Balaban J connectivity index is 1.93. The Hall–Kier alpha value is -0.810. The van der Waals surface area contributed by atoms with Gasteiger partial charge in [-0.15, -0.1) is 0 Å². The summed E-state index contributed by atoms with van der Waals surface area (Å²) < 4.78 is 13.5. The van der Waals surface area contributed by atoms with Crippen molar-refractivity contribution >= 4 is 22.6 Å². The van der Waals surface area contributed by atoms with Crippen LogP contribution in [0.3, 0.4) is 0 Å². The fraction of sp³-hybridized carbons (Fsp3) is 0.444. The number of hydrogen-bond acceptors (Lipinski definition) is 2. The van der Waals surface area contributed by atoms with Crippen LogP contribution >= 0.6 is 22.6 Å². The summed E-state index contributed by atoms with van der Waals surface area (Å²) in [5.41, 5.74) is 2.52. The molecule has 1 heterocycles. The van der Waals surface area contributed by atoms with Crippen LogP contribution in [0.5, 0.6) is 0 Å². The van der Waals surface area contributed by atoms with Crippen molar-refractivity contribution in [3.05, 3.63) is 45.2 Å². The molecule has 1 aliphatic rings. The van der Waals surface area contributed by atoms with E-state index in [-0.39, 0.29) is 6.10 Å². The molecule has 0 fully saturated rings. The van der Waals surface area contributed by atoms with Crippen LogP contribution in [0.2, 0.25) is 0 Å². The lowest BCUT2D eigenvalue weighted by Gasteiger charge is -2.18. The Bertz CT molecular complexity index is 601. The minimum atomic E-state index is 0.287. The number of benzene rings is 1. The van der Waals surface area contributed by atoms with Gasteiger partial charge in [-0.2, -0.15) is 0 Å². The largest absolute Gasteiger partial charge is 0.460 e. The molecule has 0 amide bonds. The van der Waals surface area contributed by atoms with E-state index in [4.69, 9.17) is 9.15 Å². The van der Waals surface area contributed by atoms with E-state index < -0.39 is 0 Å². The smallest absolute Gasteiger partial charge is 0.147 e. The highest BCUT2D eigenvalue weighted by Crippen LogP contribution is 2.36. The van der Waals surface area contributed by atoms with Gasteiger partial charge in [0.25, 0.3) is 0 Å². The molecule has 112 valence electrons. The Labute approximate surface area is 140 Å². The van der Waals surface area contributed by atoms with E-state index in [1.807, 2.05) is 6.07 Å². The van der Waals surface area contributed by atoms with Gasteiger partial charge in [-0.05, 0) is 49.3 Å². The van der Waals surface area contributed by atoms with Crippen LogP contribution in [0.1, 0.15) is 38.0 Å². The maximum Gasteiger partial charge on any atom is 0.147 e. The van der Waals surface area contributed by atoms with E-state index in [2.05, 4.69) is 60.7 Å². The Morgan fingerprint density at radius 2 is 2.00 bits per heavy atom. The fourth-order valence-corrected chi connectivity index (χ4v) is 3.93. The van der Waals surface area contributed by atoms with Crippen molar-refractivity contribution in [1.29, 1.82) is 0 Å². The molecule has 1 aliphatic carbocycles. The lowest BCUT2D eigenvalue weighted by molar-refractivity contribution is 0.00402. The average Bonchev–Trinajstić information content (AvgIpc) is 2.65. The minimum Gasteiger partial charge on any atom is -0.460 e. The summed E-state index contributed by atoms with van der Waals surface area (Å²) in [6, 6.07) is 10.4. The highest BCUT2D eigenvalue weighted by molar-refractivity contribution is 14.1. The lowest BCUT2D eigenvalue weighted by atomic mass is 10.1. The Morgan fingerprint density at radius 1 is 1.24 bits per heavy atom. The van der Waals surface area contributed by atoms with Gasteiger partial charge in [0.05, 0.1) is 15.8 Å². The molecule has 1 atom stereocenters. The molecule has 0 bridgehead atoms. The van der Waals surface area contributed by atoms with Crippen LogP contribution < -0.4 is 0 Å². The predicted molar refractivity (Wildman–Crippen MR) is 93.5 cm³/mol. The molecular formula is C18H21IO2. The summed E-state index contributed by atoms with van der Waals surface area (Å²) in [5, 5.41) is 0. The van der Waals surface area contributed by atoms with Gasteiger partial charge in [0, 0.05) is 24.0 Å². The summed E-state index contributed by atoms with van der Waals surface area (Å²) in [7, 11) is 0. The number of hydrogen-bond donors (Lipinski definition) is 0. The highest BCUT2D eigenvalue weighted by atomic mass is 127. The molecule has 2 aromatic rings. The molecule has 0 spiro atoms. The lowest BCUT2D eigenvalue weighted by Crippen LogP contribution is -2.19. The molecule has 3 heteroatoms. The predicted octanol–water partition coefficient (Wildman–Crippen LogP) is 5.22. The summed E-state index contributed by atoms with van der Waals surface area (Å²) in [4.78, 5) is 0. The van der Waals surface area contributed by atoms with Crippen molar-refractivity contribution in [2.45, 2.75) is 51.7 Å². The van der Waals surface area contributed by atoms with Gasteiger partial charge in [0.2, 0.25) is 0 Å². The van der Waals surface area contributed by atoms with Gasteiger partial charge in [0.15, 0.2) is 0 Å². The van der Waals surface area contributed by atoms with E-state index in [0.717, 1.165) is 42.8 Å². The first-order chi connectivity index (χ1) is 10.1. The maximum atomic E-state index is 6.19. The van der Waals surface area contributed by atoms with E-state index in [1.165, 1.54) is 9.13 Å². The first-order valence-corrected chi connectivity index (χ1v) is 8.74. The molecule has 0 N–H and O–H groups in total. The second-order valence-electron chi connectivity index (χ2n) is 5.92. The maximum absolute atomic E-state index is 6.19. The van der Waals surface area contributed by atoms with E-state index >= 15 is 0 Å². The quantitative estimate of drug-likeness (QED) is 0.524. The molecular weight excluding hydrogens is 375 g/mol. The van der Waals surface area contributed by atoms with E-state index in [9.17, 15) is 0 Å². The van der Waals surface area contributed by atoms with Crippen molar-refractivity contribution in [3.8, 4) is 11.3 Å². The molecule has 0 saturated heterocycles. The normalized spacial score (nSPS) is 18.6. The number of ether oxygens (including phenoxy) is 1. The standard InChI is InChI=1S/C18H21IO2/c1-12(2)20-14-9-6-10-16-15(11-14)17(19)18(21-16)13-7-4-3-5-8-13/h3-5,7-8,12,14H,6,9-11H2,1-2H3. The third-order valence-corrected chi connectivity index (χ3v) is 5.03. The van der Waals surface area contributed by atoms with Crippen LogP contribution in [-0.2, 0) is 17.6 Å². The van der Waals surface area contributed by atoms with Crippen LogP contribution in [0.4, 0.5) is 0 Å². The van der Waals surface area contributed by atoms with E-state index in [0.29, 0.717) is 6.10 Å². The Morgan fingerprint density at radius 3 is 2.71 bits per heavy atom. The third kappa shape index (κ3) is 3.34. The second-order valence-corrected chi connectivity index (χ2v) is 6.99. The zero-order chi connectivity index (χ0) is 14.8. The summed E-state index contributed by atoms with van der Waals surface area (Å²) >= 11 is 2.43. The molecule has 1 aromatic carbocycles. The van der Waals surface area contributed by atoms with Crippen LogP contribution in [0.25, 0.3) is 11.3 Å². The molecule has 2 nitrogen and oxygen atoms in total. The molecule has 1 unspecified atom stereocenters. The van der Waals surface area contributed by atoms with Crippen LogP contribution in [-0.4, -0.2) is 12.2 Å². The number of halogens is 1. The first-order valence-electron chi connectivity index (χ1n) is 7.66. The third-order valence-electron chi connectivity index (χ3n) is 3.89. The SMILES string of the molecule is CC(C)OC1CCCc2oc(-c3ccccc3)c(I)c2C1. The monoisotopic (exact) mass is 396 g/mol. The van der Waals surface area contributed by atoms with Crippen molar-refractivity contribution in [2.75, 3.05) is 0 Å². The first kappa shape index (κ1) is 15.1. The van der Waals surface area contributed by atoms with Crippen LogP contribution in [0, 0.1) is 3.57 Å². The molecule has 21 heavy (non-hydrogen) atoms. The fourth-order valence-electron chi connectivity index (χ4n) is 2.99. The Kier molecular flexibility index (Phi) is 4.69. The summed E-state index contributed by atoms with van der Waals surface area (Å²) in [6.45, 7) is 4.23. The molecule has 0 radical (unpaired) electrons. The summed E-state index contributed by atoms with van der Waals surface area (Å²) in [6.07, 6.45) is 4.87.